The number of pyridine rings is 2. The number of allylic oxidation sites excluding steroid dienone is 1. The molecule has 2 aromatic carbocycles. The fraction of sp³-hybridized carbons (Fsp3) is 0.273. The molecule has 1 aliphatic carbocycles. The number of benzene rings is 2. The molecule has 0 unspecified atom stereocenters. The number of nitrogens with zero attached hydrogens (tertiary/aromatic N) is 2. The first-order chi connectivity index (χ1) is 21.5. The lowest BCUT2D eigenvalue weighted by Crippen LogP contribution is -2.36. The van der Waals surface area contributed by atoms with Crippen molar-refractivity contribution in [1.82, 2.24) is 15.3 Å². The predicted molar refractivity (Wildman–Crippen MR) is 160 cm³/mol. The number of carbonyl (C=O) groups is 1. The third kappa shape index (κ3) is 5.92. The lowest BCUT2D eigenvalue weighted by atomic mass is 9.78. The first-order valence-electron chi connectivity index (χ1n) is 14.3. The van der Waals surface area contributed by atoms with Gasteiger partial charge in [0, 0.05) is 40.5 Å². The molecule has 0 radical (unpaired) electrons. The van der Waals surface area contributed by atoms with Gasteiger partial charge in [0.05, 0.1) is 17.2 Å². The van der Waals surface area contributed by atoms with E-state index in [-0.39, 0.29) is 41.1 Å². The van der Waals surface area contributed by atoms with Crippen molar-refractivity contribution in [2.75, 3.05) is 13.2 Å². The maximum absolute atomic E-state index is 14.7. The predicted octanol–water partition coefficient (Wildman–Crippen LogP) is 6.20. The minimum atomic E-state index is -4.82. The number of halogens is 4. The average molecular weight is 620 g/mol. The summed E-state index contributed by atoms with van der Waals surface area (Å²) in [4.78, 5) is 22.0. The van der Waals surface area contributed by atoms with Gasteiger partial charge < -0.3 is 25.9 Å². The van der Waals surface area contributed by atoms with E-state index in [0.717, 1.165) is 12.8 Å². The zero-order valence-electron chi connectivity index (χ0n) is 24.1. The lowest BCUT2D eigenvalue weighted by Gasteiger charge is -2.25. The summed E-state index contributed by atoms with van der Waals surface area (Å²) in [7, 11) is 0. The van der Waals surface area contributed by atoms with Crippen LogP contribution < -0.4 is 20.5 Å². The largest absolute Gasteiger partial charge is 0.490 e. The van der Waals surface area contributed by atoms with E-state index in [9.17, 15) is 22.4 Å². The second kappa shape index (κ2) is 11.5. The number of alkyl halides is 3. The van der Waals surface area contributed by atoms with E-state index in [2.05, 4.69) is 15.3 Å². The van der Waals surface area contributed by atoms with E-state index < -0.39 is 35.8 Å². The first kappa shape index (κ1) is 30.0. The number of fused-ring (bicyclic) bond motifs is 2. The normalized spacial score (nSPS) is 18.4. The summed E-state index contributed by atoms with van der Waals surface area (Å²) in [5.74, 6) is -2.89. The van der Waals surface area contributed by atoms with Gasteiger partial charge in [-0.3, -0.25) is 9.78 Å². The van der Waals surface area contributed by atoms with E-state index in [4.69, 9.17) is 20.6 Å². The first-order valence-corrected chi connectivity index (χ1v) is 14.3. The number of amides is 1. The zero-order valence-corrected chi connectivity index (χ0v) is 24.1. The van der Waals surface area contributed by atoms with Crippen LogP contribution in [0.1, 0.15) is 47.3 Å². The van der Waals surface area contributed by atoms with Crippen LogP contribution in [0.2, 0.25) is 0 Å². The third-order valence-electron chi connectivity index (χ3n) is 8.04. The molecule has 12 heteroatoms. The molecule has 6 rings (SSSR count). The van der Waals surface area contributed by atoms with E-state index in [0.29, 0.717) is 27.8 Å². The second-order valence-corrected chi connectivity index (χ2v) is 11.3. The van der Waals surface area contributed by atoms with Crippen molar-refractivity contribution < 1.29 is 31.8 Å². The molecule has 2 aliphatic rings. The van der Waals surface area contributed by atoms with Crippen LogP contribution in [0, 0.1) is 11.2 Å². The highest BCUT2D eigenvalue weighted by Gasteiger charge is 2.46. The highest BCUT2D eigenvalue weighted by Crippen LogP contribution is 2.47. The Kier molecular flexibility index (Phi) is 7.67. The van der Waals surface area contributed by atoms with Gasteiger partial charge in [0.15, 0.2) is 0 Å². The minimum absolute atomic E-state index is 0.0146. The van der Waals surface area contributed by atoms with Gasteiger partial charge in [-0.05, 0) is 80.6 Å². The van der Waals surface area contributed by atoms with Gasteiger partial charge in [-0.25, -0.2) is 9.37 Å². The molecule has 0 bridgehead atoms. The van der Waals surface area contributed by atoms with Crippen LogP contribution in [0.5, 0.6) is 11.5 Å². The molecule has 1 amide bonds. The Morgan fingerprint density at radius 1 is 1.22 bits per heavy atom. The van der Waals surface area contributed by atoms with Gasteiger partial charge in [0.25, 0.3) is 5.91 Å². The van der Waals surface area contributed by atoms with Crippen LogP contribution in [-0.2, 0) is 5.41 Å². The Morgan fingerprint density at radius 2 is 1.98 bits per heavy atom. The Bertz CT molecular complexity index is 1820. The molecule has 0 saturated heterocycles. The van der Waals surface area contributed by atoms with Gasteiger partial charge in [0.2, 0.25) is 0 Å². The van der Waals surface area contributed by atoms with E-state index in [1.54, 1.807) is 31.3 Å². The molecular formula is C33H29F4N5O3. The summed E-state index contributed by atoms with van der Waals surface area (Å²) in [6.07, 6.45) is 1.06. The summed E-state index contributed by atoms with van der Waals surface area (Å²) < 4.78 is 69.8. The molecule has 1 fully saturated rings. The van der Waals surface area contributed by atoms with Crippen LogP contribution in [0.25, 0.3) is 22.2 Å². The topological polar surface area (TPSA) is 123 Å². The number of nitrogens with one attached hydrogen (secondary N) is 2. The quantitative estimate of drug-likeness (QED) is 0.152. The Balaban J connectivity index is 1.38. The number of hydrogen-bond acceptors (Lipinski definition) is 7. The molecule has 1 aliphatic heterocycles. The summed E-state index contributed by atoms with van der Waals surface area (Å²) in [6.45, 7) is 0.804. The molecule has 4 N–H and O–H groups in total. The van der Waals surface area contributed by atoms with Crippen molar-refractivity contribution in [1.29, 1.82) is 5.41 Å². The minimum Gasteiger partial charge on any atom is -0.490 e. The molecule has 3 heterocycles. The van der Waals surface area contributed by atoms with Crippen molar-refractivity contribution in [2.24, 2.45) is 5.73 Å². The van der Waals surface area contributed by atoms with E-state index in [1.165, 1.54) is 48.7 Å². The van der Waals surface area contributed by atoms with Crippen molar-refractivity contribution in [3.05, 3.63) is 95.7 Å². The van der Waals surface area contributed by atoms with Gasteiger partial charge in [0.1, 0.15) is 41.1 Å². The maximum Gasteiger partial charge on any atom is 0.398 e. The summed E-state index contributed by atoms with van der Waals surface area (Å²) in [5.41, 5.74) is 5.41. The Morgan fingerprint density at radius 3 is 2.67 bits per heavy atom. The van der Waals surface area contributed by atoms with Crippen LogP contribution in [0.3, 0.4) is 0 Å². The molecular weight excluding hydrogens is 590 g/mol. The number of aromatic nitrogens is 2. The van der Waals surface area contributed by atoms with Crippen molar-refractivity contribution in [3.63, 3.8) is 0 Å². The van der Waals surface area contributed by atoms with Crippen molar-refractivity contribution >= 4 is 22.5 Å². The Hall–Kier alpha value is -5.00. The highest BCUT2D eigenvalue weighted by atomic mass is 19.4. The SMILES string of the molecule is C[C@]1(C(=N)/C=C\N)COc2c1cc([C@@H](CNC(=O)c1cc(OC3CC3)c3ncccc3c1)C(F)(F)F)nc2-c1ccc(F)cc1. The molecule has 4 aromatic rings. The van der Waals surface area contributed by atoms with Crippen LogP contribution in [-0.4, -0.2) is 47.0 Å². The maximum atomic E-state index is 14.7. The molecule has 2 aromatic heterocycles. The monoisotopic (exact) mass is 619 g/mol. The number of nitrogens with two attached hydrogens (primary N) is 1. The summed E-state index contributed by atoms with van der Waals surface area (Å²) >= 11 is 0. The standard InChI is InChI=1S/C33H29F4N5O3/c1-32(27(39)10-11-38)17-44-30-23(32)15-25(42-29(30)18-4-6-21(34)7-5-18)24(33(35,36)37)16-41-31(43)20-13-19-3-2-12-40-28(19)26(14-20)45-22-8-9-22/h2-7,10-15,22,24,39H,8-9,16-17,38H2,1H3,(H,41,43)/b11-10-,39-27?/t24-,32+/m1/s1. The van der Waals surface area contributed by atoms with Crippen molar-refractivity contribution in [2.45, 2.75) is 43.4 Å². The molecule has 45 heavy (non-hydrogen) atoms. The van der Waals surface area contributed by atoms with Gasteiger partial charge >= 0.3 is 6.18 Å². The van der Waals surface area contributed by atoms with E-state index in [1.807, 2.05) is 0 Å². The summed E-state index contributed by atoms with van der Waals surface area (Å²) in [5, 5.41) is 11.6. The molecule has 232 valence electrons. The molecule has 8 nitrogen and oxygen atoms in total. The number of rotatable bonds is 9. The fourth-order valence-electron chi connectivity index (χ4n) is 5.32. The number of hydrogen-bond donors (Lipinski definition) is 3. The zero-order chi connectivity index (χ0) is 31.9. The highest BCUT2D eigenvalue weighted by molar-refractivity contribution is 6.03. The molecule has 2 atom stereocenters. The van der Waals surface area contributed by atoms with Gasteiger partial charge in [-0.2, -0.15) is 13.2 Å². The third-order valence-corrected chi connectivity index (χ3v) is 8.04. The smallest absolute Gasteiger partial charge is 0.398 e. The second-order valence-electron chi connectivity index (χ2n) is 11.3. The van der Waals surface area contributed by atoms with E-state index >= 15 is 0 Å². The Labute approximate surface area is 255 Å². The van der Waals surface area contributed by atoms with Crippen molar-refractivity contribution in [3.8, 4) is 22.8 Å². The average Bonchev–Trinajstić information content (AvgIpc) is 3.77. The van der Waals surface area contributed by atoms with Crippen LogP contribution >= 0.6 is 0 Å². The molecule has 1 saturated carbocycles. The van der Waals surface area contributed by atoms with Gasteiger partial charge in [-0.1, -0.05) is 6.07 Å². The lowest BCUT2D eigenvalue weighted by molar-refractivity contribution is -0.149. The number of ether oxygens (including phenoxy) is 2. The number of carbonyl (C=O) groups excluding carboxylic acids is 1. The summed E-state index contributed by atoms with van der Waals surface area (Å²) in [6, 6.07) is 12.9. The van der Waals surface area contributed by atoms with Crippen LogP contribution in [0.4, 0.5) is 17.6 Å². The van der Waals surface area contributed by atoms with Crippen LogP contribution in [0.15, 0.2) is 73.1 Å². The fourth-order valence-corrected chi connectivity index (χ4v) is 5.32. The van der Waals surface area contributed by atoms with Gasteiger partial charge in [-0.15, -0.1) is 0 Å². The molecule has 0 spiro atoms.